The molecular weight excluding hydrogens is 222 g/mol. The molecule has 0 aliphatic rings. The van der Waals surface area contributed by atoms with Crippen molar-refractivity contribution in [2.24, 2.45) is 0 Å². The van der Waals surface area contributed by atoms with Gasteiger partial charge in [0.25, 0.3) is 5.91 Å². The fraction of sp³-hybridized carbons (Fsp3) is 0.455. The Hall–Kier alpha value is -1.66. The summed E-state index contributed by atoms with van der Waals surface area (Å²) < 4.78 is 4.80. The predicted octanol–water partition coefficient (Wildman–Crippen LogP) is -0.140. The third-order valence-corrected chi connectivity index (χ3v) is 2.12. The first-order valence-electron chi connectivity index (χ1n) is 5.26. The highest BCUT2D eigenvalue weighted by molar-refractivity contribution is 5.92. The van der Waals surface area contributed by atoms with Gasteiger partial charge in [0.2, 0.25) is 0 Å². The number of nitrogens with zero attached hydrogens (tertiary/aromatic N) is 1. The van der Waals surface area contributed by atoms with E-state index in [0.717, 1.165) is 5.69 Å². The second-order valence-corrected chi connectivity index (χ2v) is 3.50. The Morgan fingerprint density at radius 3 is 3.06 bits per heavy atom. The van der Waals surface area contributed by atoms with Crippen molar-refractivity contribution < 1.29 is 14.6 Å². The van der Waals surface area contributed by atoms with Crippen molar-refractivity contribution in [3.05, 3.63) is 24.0 Å². The summed E-state index contributed by atoms with van der Waals surface area (Å²) in [7, 11) is 3.08. The molecule has 1 aromatic heterocycles. The minimum absolute atomic E-state index is 0.244. The number of aliphatic hydroxyl groups is 1. The Morgan fingerprint density at radius 2 is 2.41 bits per heavy atom. The molecule has 1 amide bonds. The molecule has 94 valence electrons. The zero-order valence-corrected chi connectivity index (χ0v) is 9.93. The van der Waals surface area contributed by atoms with E-state index >= 15 is 0 Å². The first-order chi connectivity index (χ1) is 8.17. The van der Waals surface area contributed by atoms with Gasteiger partial charge in [0.1, 0.15) is 5.69 Å². The number of anilines is 1. The summed E-state index contributed by atoms with van der Waals surface area (Å²) in [6, 6.07) is 3.35. The van der Waals surface area contributed by atoms with E-state index < -0.39 is 6.10 Å². The number of nitrogens with one attached hydrogen (secondary N) is 2. The molecule has 0 aliphatic heterocycles. The summed E-state index contributed by atoms with van der Waals surface area (Å²) in [6.45, 7) is 0.616. The van der Waals surface area contributed by atoms with E-state index in [-0.39, 0.29) is 12.5 Å². The number of methoxy groups -OCH3 is 1. The van der Waals surface area contributed by atoms with Crippen molar-refractivity contribution in [1.82, 2.24) is 10.3 Å². The zero-order valence-electron chi connectivity index (χ0n) is 9.93. The van der Waals surface area contributed by atoms with Crippen LogP contribution >= 0.6 is 0 Å². The number of hydrogen-bond acceptors (Lipinski definition) is 5. The van der Waals surface area contributed by atoms with Crippen LogP contribution in [-0.2, 0) is 4.74 Å². The molecule has 17 heavy (non-hydrogen) atoms. The minimum atomic E-state index is -0.586. The van der Waals surface area contributed by atoms with Crippen molar-refractivity contribution >= 4 is 11.6 Å². The second-order valence-electron chi connectivity index (χ2n) is 3.50. The number of pyridine rings is 1. The number of aliphatic hydroxyl groups excluding tert-OH is 1. The molecule has 0 saturated carbocycles. The summed E-state index contributed by atoms with van der Waals surface area (Å²) >= 11 is 0. The standard InChI is InChI=1S/C11H17N3O3/c1-12-11(16)10-5-8(3-4-13-10)14-6-9(15)7-17-2/h3-5,9,15H,6-7H2,1-2H3,(H,12,16)(H,13,14). The highest BCUT2D eigenvalue weighted by Gasteiger charge is 2.06. The zero-order chi connectivity index (χ0) is 12.7. The molecule has 0 radical (unpaired) electrons. The quantitative estimate of drug-likeness (QED) is 0.643. The third-order valence-electron chi connectivity index (χ3n) is 2.12. The predicted molar refractivity (Wildman–Crippen MR) is 64.0 cm³/mol. The monoisotopic (exact) mass is 239 g/mol. The summed E-state index contributed by atoms with van der Waals surface area (Å²) in [4.78, 5) is 15.3. The van der Waals surface area contributed by atoms with Gasteiger partial charge in [-0.05, 0) is 12.1 Å². The Labute approximate surface area is 100 Å². The Morgan fingerprint density at radius 1 is 1.65 bits per heavy atom. The van der Waals surface area contributed by atoms with Gasteiger partial charge in [-0.1, -0.05) is 0 Å². The van der Waals surface area contributed by atoms with Gasteiger partial charge in [0.15, 0.2) is 0 Å². The van der Waals surface area contributed by atoms with Gasteiger partial charge in [-0.25, -0.2) is 0 Å². The SMILES string of the molecule is CNC(=O)c1cc(NCC(O)COC)ccn1. The number of carbonyl (C=O) groups excluding carboxylic acids is 1. The van der Waals surface area contributed by atoms with Gasteiger partial charge in [-0.3, -0.25) is 9.78 Å². The fourth-order valence-electron chi connectivity index (χ4n) is 1.28. The molecule has 1 heterocycles. The van der Waals surface area contributed by atoms with Crippen molar-refractivity contribution in [2.45, 2.75) is 6.10 Å². The number of amides is 1. The van der Waals surface area contributed by atoms with Crippen LogP contribution < -0.4 is 10.6 Å². The van der Waals surface area contributed by atoms with Crippen LogP contribution in [0, 0.1) is 0 Å². The number of aromatic nitrogens is 1. The van der Waals surface area contributed by atoms with Crippen LogP contribution in [0.25, 0.3) is 0 Å². The number of hydrogen-bond donors (Lipinski definition) is 3. The molecule has 1 atom stereocenters. The van der Waals surface area contributed by atoms with E-state index in [1.807, 2.05) is 0 Å². The highest BCUT2D eigenvalue weighted by Crippen LogP contribution is 2.07. The molecule has 6 nitrogen and oxygen atoms in total. The van der Waals surface area contributed by atoms with E-state index in [4.69, 9.17) is 4.74 Å². The molecule has 0 aromatic carbocycles. The van der Waals surface area contributed by atoms with E-state index in [9.17, 15) is 9.90 Å². The van der Waals surface area contributed by atoms with Crippen LogP contribution in [0.5, 0.6) is 0 Å². The highest BCUT2D eigenvalue weighted by atomic mass is 16.5. The molecule has 0 bridgehead atoms. The smallest absolute Gasteiger partial charge is 0.269 e. The maximum atomic E-state index is 11.3. The van der Waals surface area contributed by atoms with Gasteiger partial charge < -0.3 is 20.5 Å². The van der Waals surface area contributed by atoms with Crippen LogP contribution in [0.1, 0.15) is 10.5 Å². The van der Waals surface area contributed by atoms with E-state index in [1.165, 1.54) is 13.3 Å². The number of ether oxygens (including phenoxy) is 1. The van der Waals surface area contributed by atoms with Crippen molar-refractivity contribution in [2.75, 3.05) is 32.6 Å². The molecule has 6 heteroatoms. The van der Waals surface area contributed by atoms with Crippen LogP contribution in [-0.4, -0.2) is 49.4 Å². The molecule has 1 aromatic rings. The van der Waals surface area contributed by atoms with Crippen molar-refractivity contribution in [3.8, 4) is 0 Å². The van der Waals surface area contributed by atoms with Gasteiger partial charge >= 0.3 is 0 Å². The molecule has 3 N–H and O–H groups in total. The van der Waals surface area contributed by atoms with E-state index in [2.05, 4.69) is 15.6 Å². The summed E-state index contributed by atoms with van der Waals surface area (Å²) in [5, 5.41) is 14.9. The second kappa shape index (κ2) is 6.82. The number of carbonyl (C=O) groups is 1. The van der Waals surface area contributed by atoms with Gasteiger partial charge in [0, 0.05) is 32.6 Å². The molecular formula is C11H17N3O3. The maximum Gasteiger partial charge on any atom is 0.269 e. The third kappa shape index (κ3) is 4.38. The molecule has 0 spiro atoms. The lowest BCUT2D eigenvalue weighted by atomic mass is 10.3. The Balaban J connectivity index is 2.57. The Bertz CT molecular complexity index is 371. The van der Waals surface area contributed by atoms with Gasteiger partial charge in [-0.15, -0.1) is 0 Å². The summed E-state index contributed by atoms with van der Waals surface area (Å²) in [5.74, 6) is -0.244. The largest absolute Gasteiger partial charge is 0.389 e. The minimum Gasteiger partial charge on any atom is -0.389 e. The average molecular weight is 239 g/mol. The molecule has 0 aliphatic carbocycles. The average Bonchev–Trinajstić information content (AvgIpc) is 2.36. The normalized spacial score (nSPS) is 11.9. The summed E-state index contributed by atoms with van der Waals surface area (Å²) in [6.07, 6.45) is 0.951. The lowest BCUT2D eigenvalue weighted by Crippen LogP contribution is -2.24. The van der Waals surface area contributed by atoms with Gasteiger partial charge in [0.05, 0.1) is 12.7 Å². The fourth-order valence-corrected chi connectivity index (χ4v) is 1.28. The molecule has 1 unspecified atom stereocenters. The maximum absolute atomic E-state index is 11.3. The number of rotatable bonds is 6. The molecule has 0 saturated heterocycles. The lowest BCUT2D eigenvalue weighted by molar-refractivity contribution is 0.0727. The van der Waals surface area contributed by atoms with Crippen LogP contribution in [0.4, 0.5) is 5.69 Å². The van der Waals surface area contributed by atoms with Crippen LogP contribution in [0.2, 0.25) is 0 Å². The van der Waals surface area contributed by atoms with Crippen LogP contribution in [0.15, 0.2) is 18.3 Å². The first-order valence-corrected chi connectivity index (χ1v) is 5.26. The summed E-state index contributed by atoms with van der Waals surface area (Å²) in [5.41, 5.74) is 1.06. The van der Waals surface area contributed by atoms with Gasteiger partial charge in [-0.2, -0.15) is 0 Å². The topological polar surface area (TPSA) is 83.5 Å². The van der Waals surface area contributed by atoms with Crippen LogP contribution in [0.3, 0.4) is 0 Å². The molecule has 1 rings (SSSR count). The van der Waals surface area contributed by atoms with E-state index in [1.54, 1.807) is 19.2 Å². The van der Waals surface area contributed by atoms with E-state index in [0.29, 0.717) is 12.2 Å². The first kappa shape index (κ1) is 13.4. The molecule has 0 fully saturated rings. The lowest BCUT2D eigenvalue weighted by Gasteiger charge is -2.12. The van der Waals surface area contributed by atoms with Crippen molar-refractivity contribution in [3.63, 3.8) is 0 Å². The Kier molecular flexibility index (Phi) is 5.38. The van der Waals surface area contributed by atoms with Crippen molar-refractivity contribution in [1.29, 1.82) is 0 Å².